The molecule has 1 rings (SSSR count). The first-order valence-corrected chi connectivity index (χ1v) is 27.5. The van der Waals surface area contributed by atoms with Crippen molar-refractivity contribution in [2.24, 2.45) is 0 Å². The van der Waals surface area contributed by atoms with Gasteiger partial charge in [0.05, 0.1) is 19.6 Å². The van der Waals surface area contributed by atoms with E-state index in [4.69, 9.17) is 18.5 Å². The number of ether oxygens (including phenoxy) is 2. The minimum Gasteiger partial charge on any atom is -0.466 e. The minimum absolute atomic E-state index is 0.0293. The fourth-order valence-corrected chi connectivity index (χ4v) is 9.36. The topological polar surface area (TPSA) is 273 Å². The van der Waals surface area contributed by atoms with E-state index in [1.807, 2.05) is 6.92 Å². The maximum absolute atomic E-state index is 13.0. The Kier molecular flexibility index (Phi) is 34.8. The van der Waals surface area contributed by atoms with Crippen LogP contribution in [0.4, 0.5) is 0 Å². The fraction of sp³-hybridized carbons (Fsp3) is 0.933. The van der Waals surface area contributed by atoms with Gasteiger partial charge in [-0.3, -0.25) is 28.0 Å². The third kappa shape index (κ3) is 30.9. The number of hydrogen-bond acceptors (Lipinski definition) is 14. The molecule has 1 aliphatic rings. The fourth-order valence-electron chi connectivity index (χ4n) is 7.82. The number of phosphoric acid groups is 2. The summed E-state index contributed by atoms with van der Waals surface area (Å²) < 4.78 is 49.4. The van der Waals surface area contributed by atoms with Crippen molar-refractivity contribution in [3.63, 3.8) is 0 Å². The average Bonchev–Trinajstić information content (AvgIpc) is 3.23. The summed E-state index contributed by atoms with van der Waals surface area (Å²) in [5.41, 5.74) is 0. The van der Waals surface area contributed by atoms with Crippen molar-refractivity contribution in [1.82, 2.24) is 0 Å². The summed E-state index contributed by atoms with van der Waals surface area (Å²) in [6, 6.07) is 0. The number of esters is 2. The first-order valence-electron chi connectivity index (χ1n) is 24.5. The number of carbonyl (C=O) groups is 3. The zero-order valence-electron chi connectivity index (χ0n) is 39.0. The molecule has 64 heavy (non-hydrogen) atoms. The van der Waals surface area contributed by atoms with Gasteiger partial charge in [0.25, 0.3) is 0 Å². The molecule has 0 bridgehead atoms. The first-order chi connectivity index (χ1) is 30.5. The van der Waals surface area contributed by atoms with Gasteiger partial charge in [-0.1, -0.05) is 162 Å². The molecule has 378 valence electrons. The number of rotatable bonds is 42. The standard InChI is InChI=1S/C45H86O17P2/c1-3-5-6-7-8-9-10-12-16-19-22-25-28-32-38(47)60-37(35-59-64(56,57)62-45-42(51)40(49)41(50)44(43(45)52)61-63(53,54)55)34-39(48)58-33-29-26-23-20-17-14-11-13-15-18-21-24-27-31-36(46)30-4-2/h37,40-45,49-52H,3-35H2,1-2H3,(H,56,57)(H2,53,54,55)/t37-,40+,41?,42+,43?,44-,45?/m1/s1. The Hall–Kier alpha value is -1.33. The van der Waals surface area contributed by atoms with E-state index in [2.05, 4.69) is 11.4 Å². The maximum atomic E-state index is 13.0. The molecule has 1 fully saturated rings. The second-order valence-electron chi connectivity index (χ2n) is 17.5. The lowest BCUT2D eigenvalue weighted by Crippen LogP contribution is -2.64. The Morgan fingerprint density at radius 1 is 0.484 bits per heavy atom. The molecular formula is C45H86O17P2. The Balaban J connectivity index is 2.54. The van der Waals surface area contributed by atoms with Crippen molar-refractivity contribution in [2.45, 2.75) is 256 Å². The van der Waals surface area contributed by atoms with Crippen molar-refractivity contribution < 1.29 is 81.7 Å². The van der Waals surface area contributed by atoms with Gasteiger partial charge in [0.1, 0.15) is 48.5 Å². The second kappa shape index (κ2) is 36.7. The number of aliphatic hydroxyl groups is 4. The number of unbranched alkanes of at least 4 members (excludes halogenated alkanes) is 24. The second-order valence-corrected chi connectivity index (χ2v) is 20.1. The SMILES string of the molecule is CCCCCCCCCCCCCCCC(=O)O[C@@H](COP(=O)(O)OC1C(O)[C@H](OP(=O)(O)O)C(O)[C@H](O)[C@@H]1O)CC(=O)OCCCCCCCCCCCCCCCC(=O)CCC. The lowest BCUT2D eigenvalue weighted by molar-refractivity contribution is -0.216. The quantitative estimate of drug-likeness (QED) is 0.0171. The highest BCUT2D eigenvalue weighted by atomic mass is 31.2. The average molecular weight is 961 g/mol. The molecule has 4 unspecified atom stereocenters. The molecule has 8 atom stereocenters. The number of phosphoric ester groups is 2. The van der Waals surface area contributed by atoms with Gasteiger partial charge in [0, 0.05) is 19.3 Å². The van der Waals surface area contributed by atoms with Crippen molar-refractivity contribution in [1.29, 1.82) is 0 Å². The van der Waals surface area contributed by atoms with Crippen molar-refractivity contribution >= 4 is 33.4 Å². The molecule has 0 spiro atoms. The zero-order chi connectivity index (χ0) is 47.6. The molecule has 0 aromatic carbocycles. The lowest BCUT2D eigenvalue weighted by Gasteiger charge is -2.43. The molecule has 1 saturated carbocycles. The van der Waals surface area contributed by atoms with Crippen LogP contribution in [0, 0.1) is 0 Å². The van der Waals surface area contributed by atoms with Gasteiger partial charge in [-0.25, -0.2) is 9.13 Å². The summed E-state index contributed by atoms with van der Waals surface area (Å²) in [5, 5.41) is 41.2. The third-order valence-corrected chi connectivity index (χ3v) is 13.1. The first kappa shape index (κ1) is 60.7. The highest BCUT2D eigenvalue weighted by Gasteiger charge is 2.54. The van der Waals surface area contributed by atoms with Crippen molar-refractivity contribution in [3.8, 4) is 0 Å². The van der Waals surface area contributed by atoms with E-state index in [-0.39, 0.29) is 13.0 Å². The molecule has 0 aliphatic heterocycles. The molecule has 0 saturated heterocycles. The zero-order valence-corrected chi connectivity index (χ0v) is 40.8. The van der Waals surface area contributed by atoms with Crippen LogP contribution in [0.3, 0.4) is 0 Å². The molecule has 0 aromatic rings. The van der Waals surface area contributed by atoms with Gasteiger partial charge < -0.3 is 44.6 Å². The number of carbonyl (C=O) groups excluding carboxylic acids is 3. The predicted octanol–water partition coefficient (Wildman–Crippen LogP) is 8.58. The number of aliphatic hydroxyl groups excluding tert-OH is 4. The Labute approximate surface area is 383 Å². The van der Waals surface area contributed by atoms with E-state index < -0.39 is 83.3 Å². The Morgan fingerprint density at radius 3 is 1.36 bits per heavy atom. The van der Waals surface area contributed by atoms with Gasteiger partial charge in [-0.05, 0) is 25.7 Å². The maximum Gasteiger partial charge on any atom is 0.472 e. The van der Waals surface area contributed by atoms with Crippen LogP contribution < -0.4 is 0 Å². The third-order valence-electron chi connectivity index (χ3n) is 11.6. The van der Waals surface area contributed by atoms with Crippen LogP contribution in [0.15, 0.2) is 0 Å². The van der Waals surface area contributed by atoms with Crippen LogP contribution in [0.2, 0.25) is 0 Å². The largest absolute Gasteiger partial charge is 0.472 e. The predicted molar refractivity (Wildman–Crippen MR) is 242 cm³/mol. The monoisotopic (exact) mass is 961 g/mol. The number of Topliss-reactive ketones (excluding diaryl/α,β-unsaturated/α-hetero) is 1. The highest BCUT2D eigenvalue weighted by molar-refractivity contribution is 7.47. The van der Waals surface area contributed by atoms with Crippen LogP contribution in [-0.4, -0.2) is 109 Å². The van der Waals surface area contributed by atoms with E-state index >= 15 is 0 Å². The van der Waals surface area contributed by atoms with Gasteiger partial charge in [-0.2, -0.15) is 0 Å². The lowest BCUT2D eigenvalue weighted by atomic mass is 9.85. The minimum atomic E-state index is -5.37. The van der Waals surface area contributed by atoms with Crippen LogP contribution in [0.5, 0.6) is 0 Å². The van der Waals surface area contributed by atoms with E-state index in [1.54, 1.807) is 0 Å². The van der Waals surface area contributed by atoms with Gasteiger partial charge in [-0.15, -0.1) is 0 Å². The molecule has 1 aliphatic carbocycles. The van der Waals surface area contributed by atoms with Crippen LogP contribution in [0.25, 0.3) is 0 Å². The van der Waals surface area contributed by atoms with E-state index in [0.717, 1.165) is 70.6 Å². The smallest absolute Gasteiger partial charge is 0.466 e. The summed E-state index contributed by atoms with van der Waals surface area (Å²) in [6.45, 7) is 3.51. The molecule has 0 aromatic heterocycles. The normalized spacial score (nSPS) is 21.6. The number of ketones is 1. The van der Waals surface area contributed by atoms with E-state index in [9.17, 15) is 58.6 Å². The number of hydrogen-bond donors (Lipinski definition) is 7. The van der Waals surface area contributed by atoms with Gasteiger partial charge >= 0.3 is 27.6 Å². The van der Waals surface area contributed by atoms with Crippen molar-refractivity contribution in [3.05, 3.63) is 0 Å². The summed E-state index contributed by atoms with van der Waals surface area (Å²) in [5.74, 6) is -1.03. The highest BCUT2D eigenvalue weighted by Crippen LogP contribution is 2.49. The van der Waals surface area contributed by atoms with Crippen LogP contribution >= 0.6 is 15.6 Å². The molecule has 17 nitrogen and oxygen atoms in total. The van der Waals surface area contributed by atoms with Crippen LogP contribution in [-0.2, 0) is 46.6 Å². The molecular weight excluding hydrogens is 874 g/mol. The molecule has 0 heterocycles. The summed E-state index contributed by atoms with van der Waals surface area (Å²) in [4.78, 5) is 66.1. The van der Waals surface area contributed by atoms with Gasteiger partial charge in [0.2, 0.25) is 0 Å². The Bertz CT molecular complexity index is 1320. The molecule has 0 radical (unpaired) electrons. The molecule has 19 heteroatoms. The summed E-state index contributed by atoms with van der Waals surface area (Å²) >= 11 is 0. The van der Waals surface area contributed by atoms with Gasteiger partial charge in [0.15, 0.2) is 0 Å². The summed E-state index contributed by atoms with van der Waals surface area (Å²) in [6.07, 6.45) is 15.5. The Morgan fingerprint density at radius 2 is 0.906 bits per heavy atom. The van der Waals surface area contributed by atoms with E-state index in [1.165, 1.54) is 89.9 Å². The molecule has 7 N–H and O–H groups in total. The van der Waals surface area contributed by atoms with Crippen molar-refractivity contribution in [2.75, 3.05) is 13.2 Å². The molecule has 0 amide bonds. The van der Waals surface area contributed by atoms with E-state index in [0.29, 0.717) is 31.5 Å². The summed E-state index contributed by atoms with van der Waals surface area (Å²) in [7, 11) is -10.7. The van der Waals surface area contributed by atoms with Crippen LogP contribution in [0.1, 0.15) is 213 Å².